The maximum absolute atomic E-state index is 12.3. The van der Waals surface area contributed by atoms with E-state index in [0.29, 0.717) is 11.5 Å². The van der Waals surface area contributed by atoms with Crippen molar-refractivity contribution in [3.05, 3.63) is 53.7 Å². The number of anilines is 2. The summed E-state index contributed by atoms with van der Waals surface area (Å²) in [6, 6.07) is 11.5. The fourth-order valence-electron chi connectivity index (χ4n) is 2.12. The molecule has 21 heavy (non-hydrogen) atoms. The molecule has 110 valence electrons. The minimum absolute atomic E-state index is 0.140. The van der Waals surface area contributed by atoms with Crippen LogP contribution in [0.1, 0.15) is 42.6 Å². The molecule has 4 heteroatoms. The number of aromatic nitrogens is 1. The number of hydrogen-bond acceptors (Lipinski definition) is 3. The van der Waals surface area contributed by atoms with E-state index < -0.39 is 0 Å². The molecule has 0 unspecified atom stereocenters. The Hall–Kier alpha value is -2.36. The highest BCUT2D eigenvalue weighted by atomic mass is 16.1. The Morgan fingerprint density at radius 1 is 1.19 bits per heavy atom. The molecule has 1 heterocycles. The lowest BCUT2D eigenvalue weighted by atomic mass is 10.0. The maximum Gasteiger partial charge on any atom is 0.257 e. The molecule has 0 fully saturated rings. The first-order chi connectivity index (χ1) is 10.1. The van der Waals surface area contributed by atoms with Crippen molar-refractivity contribution < 1.29 is 4.79 Å². The molecule has 0 saturated heterocycles. The van der Waals surface area contributed by atoms with E-state index in [9.17, 15) is 4.79 Å². The van der Waals surface area contributed by atoms with Gasteiger partial charge in [-0.2, -0.15) is 0 Å². The molecule has 0 radical (unpaired) electrons. The first kappa shape index (κ1) is 15.0. The molecule has 4 nitrogen and oxygen atoms in total. The summed E-state index contributed by atoms with van der Waals surface area (Å²) < 4.78 is 0. The highest BCUT2D eigenvalue weighted by Gasteiger charge is 2.11. The number of benzene rings is 1. The van der Waals surface area contributed by atoms with Crippen molar-refractivity contribution in [2.75, 3.05) is 17.2 Å². The second-order valence-corrected chi connectivity index (χ2v) is 5.16. The molecule has 0 atom stereocenters. The first-order valence-corrected chi connectivity index (χ1v) is 7.22. The van der Waals surface area contributed by atoms with Crippen LogP contribution < -0.4 is 10.6 Å². The standard InChI is InChI=1S/C17H21N3O/c1-4-18-16-10-9-13(11-19-16)17(21)20-15-8-6-5-7-14(15)12(2)3/h5-12H,4H2,1-3H3,(H,18,19)(H,20,21). The van der Waals surface area contributed by atoms with Gasteiger partial charge in [-0.3, -0.25) is 4.79 Å². The van der Waals surface area contributed by atoms with Crippen LogP contribution in [0.3, 0.4) is 0 Å². The van der Waals surface area contributed by atoms with Crippen molar-refractivity contribution in [1.82, 2.24) is 4.98 Å². The minimum atomic E-state index is -0.140. The Morgan fingerprint density at radius 2 is 1.95 bits per heavy atom. The van der Waals surface area contributed by atoms with E-state index in [1.165, 1.54) is 0 Å². The topological polar surface area (TPSA) is 54.0 Å². The molecule has 0 aliphatic rings. The van der Waals surface area contributed by atoms with Crippen LogP contribution in [0.5, 0.6) is 0 Å². The van der Waals surface area contributed by atoms with E-state index in [-0.39, 0.29) is 5.91 Å². The van der Waals surface area contributed by atoms with E-state index in [1.807, 2.05) is 37.3 Å². The van der Waals surface area contributed by atoms with Crippen LogP contribution in [0.15, 0.2) is 42.6 Å². The summed E-state index contributed by atoms with van der Waals surface area (Å²) in [5.74, 6) is 0.992. The Bertz CT molecular complexity index is 606. The quantitative estimate of drug-likeness (QED) is 0.875. The van der Waals surface area contributed by atoms with Crippen molar-refractivity contribution in [3.8, 4) is 0 Å². The van der Waals surface area contributed by atoms with Crippen LogP contribution in [0.25, 0.3) is 0 Å². The molecular weight excluding hydrogens is 262 g/mol. The molecule has 2 rings (SSSR count). The maximum atomic E-state index is 12.3. The summed E-state index contributed by atoms with van der Waals surface area (Å²) in [6.07, 6.45) is 1.59. The Balaban J connectivity index is 2.14. The fourth-order valence-corrected chi connectivity index (χ4v) is 2.12. The molecule has 1 aromatic carbocycles. The average Bonchev–Trinajstić information content (AvgIpc) is 2.48. The van der Waals surface area contributed by atoms with Gasteiger partial charge in [-0.05, 0) is 36.6 Å². The Kier molecular flexibility index (Phi) is 4.93. The third-order valence-corrected chi connectivity index (χ3v) is 3.21. The second kappa shape index (κ2) is 6.88. The molecule has 0 bridgehead atoms. The molecule has 0 aliphatic heterocycles. The van der Waals surface area contributed by atoms with Crippen LogP contribution in [0.2, 0.25) is 0 Å². The van der Waals surface area contributed by atoms with Gasteiger partial charge in [0, 0.05) is 18.4 Å². The SMILES string of the molecule is CCNc1ccc(C(=O)Nc2ccccc2C(C)C)cn1. The summed E-state index contributed by atoms with van der Waals surface area (Å²) in [5, 5.41) is 6.06. The van der Waals surface area contributed by atoms with Crippen molar-refractivity contribution in [1.29, 1.82) is 0 Å². The number of para-hydroxylation sites is 1. The monoisotopic (exact) mass is 283 g/mol. The predicted molar refractivity (Wildman–Crippen MR) is 86.9 cm³/mol. The van der Waals surface area contributed by atoms with Crippen molar-refractivity contribution in [3.63, 3.8) is 0 Å². The minimum Gasteiger partial charge on any atom is -0.370 e. The number of pyridine rings is 1. The molecular formula is C17H21N3O. The van der Waals surface area contributed by atoms with E-state index in [0.717, 1.165) is 23.6 Å². The van der Waals surface area contributed by atoms with Crippen LogP contribution >= 0.6 is 0 Å². The molecule has 1 amide bonds. The van der Waals surface area contributed by atoms with E-state index in [4.69, 9.17) is 0 Å². The van der Waals surface area contributed by atoms with Crippen LogP contribution in [-0.2, 0) is 0 Å². The zero-order chi connectivity index (χ0) is 15.2. The van der Waals surface area contributed by atoms with Gasteiger partial charge in [0.25, 0.3) is 5.91 Å². The first-order valence-electron chi connectivity index (χ1n) is 7.22. The average molecular weight is 283 g/mol. The zero-order valence-electron chi connectivity index (χ0n) is 12.7. The normalized spacial score (nSPS) is 10.5. The highest BCUT2D eigenvalue weighted by molar-refractivity contribution is 6.04. The summed E-state index contributed by atoms with van der Waals surface area (Å²) in [7, 11) is 0. The van der Waals surface area contributed by atoms with Gasteiger partial charge in [0.2, 0.25) is 0 Å². The molecule has 2 N–H and O–H groups in total. The van der Waals surface area contributed by atoms with Gasteiger partial charge in [-0.15, -0.1) is 0 Å². The molecule has 0 aliphatic carbocycles. The van der Waals surface area contributed by atoms with Crippen LogP contribution in [0, 0.1) is 0 Å². The van der Waals surface area contributed by atoms with Crippen molar-refractivity contribution >= 4 is 17.4 Å². The number of carbonyl (C=O) groups is 1. The lowest BCUT2D eigenvalue weighted by Crippen LogP contribution is -2.14. The van der Waals surface area contributed by atoms with Crippen LogP contribution in [0.4, 0.5) is 11.5 Å². The van der Waals surface area contributed by atoms with Crippen molar-refractivity contribution in [2.45, 2.75) is 26.7 Å². The highest BCUT2D eigenvalue weighted by Crippen LogP contribution is 2.24. The Labute approximate surface area is 125 Å². The fraction of sp³-hybridized carbons (Fsp3) is 0.294. The lowest BCUT2D eigenvalue weighted by molar-refractivity contribution is 0.102. The van der Waals surface area contributed by atoms with Gasteiger partial charge >= 0.3 is 0 Å². The van der Waals surface area contributed by atoms with Gasteiger partial charge in [0.15, 0.2) is 0 Å². The summed E-state index contributed by atoms with van der Waals surface area (Å²) in [6.45, 7) is 7.03. The summed E-state index contributed by atoms with van der Waals surface area (Å²) in [4.78, 5) is 16.5. The third-order valence-electron chi connectivity index (χ3n) is 3.21. The second-order valence-electron chi connectivity index (χ2n) is 5.16. The number of amides is 1. The van der Waals surface area contributed by atoms with Crippen molar-refractivity contribution in [2.24, 2.45) is 0 Å². The number of nitrogens with one attached hydrogen (secondary N) is 2. The molecule has 0 saturated carbocycles. The largest absolute Gasteiger partial charge is 0.370 e. The van der Waals surface area contributed by atoms with Crippen LogP contribution in [-0.4, -0.2) is 17.4 Å². The van der Waals surface area contributed by atoms with E-state index >= 15 is 0 Å². The zero-order valence-corrected chi connectivity index (χ0v) is 12.7. The van der Waals surface area contributed by atoms with Gasteiger partial charge in [0.1, 0.15) is 5.82 Å². The number of nitrogens with zero attached hydrogens (tertiary/aromatic N) is 1. The van der Waals surface area contributed by atoms with Gasteiger partial charge in [0.05, 0.1) is 5.56 Å². The molecule has 2 aromatic rings. The molecule has 1 aromatic heterocycles. The number of rotatable bonds is 5. The predicted octanol–water partition coefficient (Wildman–Crippen LogP) is 3.89. The number of hydrogen-bond donors (Lipinski definition) is 2. The van der Waals surface area contributed by atoms with E-state index in [1.54, 1.807) is 12.3 Å². The van der Waals surface area contributed by atoms with E-state index in [2.05, 4.69) is 29.5 Å². The molecule has 0 spiro atoms. The summed E-state index contributed by atoms with van der Waals surface area (Å²) >= 11 is 0. The van der Waals surface area contributed by atoms with Gasteiger partial charge in [-0.25, -0.2) is 4.98 Å². The van der Waals surface area contributed by atoms with Gasteiger partial charge < -0.3 is 10.6 Å². The third kappa shape index (κ3) is 3.81. The Morgan fingerprint density at radius 3 is 2.57 bits per heavy atom. The lowest BCUT2D eigenvalue weighted by Gasteiger charge is -2.13. The number of carbonyl (C=O) groups excluding carboxylic acids is 1. The van der Waals surface area contributed by atoms with Gasteiger partial charge in [-0.1, -0.05) is 32.0 Å². The summed E-state index contributed by atoms with van der Waals surface area (Å²) in [5.41, 5.74) is 2.53. The smallest absolute Gasteiger partial charge is 0.257 e.